The van der Waals surface area contributed by atoms with Crippen LogP contribution in [-0.4, -0.2) is 52.2 Å². The third-order valence-electron chi connectivity index (χ3n) is 5.78. The first-order valence-corrected chi connectivity index (χ1v) is 10.9. The largest absolute Gasteiger partial charge is 0.336 e. The van der Waals surface area contributed by atoms with Crippen molar-refractivity contribution in [2.24, 2.45) is 4.99 Å². The van der Waals surface area contributed by atoms with Gasteiger partial charge in [-0.1, -0.05) is 30.3 Å². The Morgan fingerprint density at radius 3 is 2.75 bits per heavy atom. The van der Waals surface area contributed by atoms with E-state index in [1.54, 1.807) is 0 Å². The van der Waals surface area contributed by atoms with Gasteiger partial charge in [-0.2, -0.15) is 0 Å². The highest BCUT2D eigenvalue weighted by Crippen LogP contribution is 2.28. The lowest BCUT2D eigenvalue weighted by molar-refractivity contribution is 0.0674. The van der Waals surface area contributed by atoms with Crippen molar-refractivity contribution in [3.8, 4) is 11.3 Å². The Morgan fingerprint density at radius 1 is 1.09 bits per heavy atom. The summed E-state index contributed by atoms with van der Waals surface area (Å²) in [5.41, 5.74) is 5.40. The summed E-state index contributed by atoms with van der Waals surface area (Å²) in [6.07, 6.45) is 3.71. The highest BCUT2D eigenvalue weighted by molar-refractivity contribution is 5.95. The Kier molecular flexibility index (Phi) is 5.41. The van der Waals surface area contributed by atoms with Crippen LogP contribution in [0.15, 0.2) is 59.7 Å². The molecule has 2 aliphatic heterocycles. The van der Waals surface area contributed by atoms with Gasteiger partial charge >= 0.3 is 0 Å². The molecule has 0 spiro atoms. The fourth-order valence-corrected chi connectivity index (χ4v) is 4.42. The monoisotopic (exact) mass is 426 g/mol. The number of anilines is 2. The van der Waals surface area contributed by atoms with Crippen LogP contribution < -0.4 is 10.6 Å². The predicted octanol–water partition coefficient (Wildman–Crippen LogP) is 3.64. The van der Waals surface area contributed by atoms with Crippen molar-refractivity contribution in [3.63, 3.8) is 0 Å². The van der Waals surface area contributed by atoms with Crippen LogP contribution in [0.2, 0.25) is 0 Å². The summed E-state index contributed by atoms with van der Waals surface area (Å²) in [4.78, 5) is 28.8. The molecule has 2 unspecified atom stereocenters. The van der Waals surface area contributed by atoms with Gasteiger partial charge in [-0.15, -0.1) is 0 Å². The molecule has 3 aromatic rings. The number of piperazine rings is 1. The Hall–Kier alpha value is -3.58. The molecule has 0 aliphatic carbocycles. The molecule has 2 atom stereocenters. The van der Waals surface area contributed by atoms with E-state index < -0.39 is 0 Å². The SMILES string of the molecule is CC1CN(C(=O)c2cccc(Nc3ncc4c(n3)-c3ccccc3C=NC4)c2)CC(C)N1. The Labute approximate surface area is 187 Å². The minimum absolute atomic E-state index is 0.0442. The fourth-order valence-electron chi connectivity index (χ4n) is 4.42. The number of fused-ring (bicyclic) bond motifs is 3. The maximum absolute atomic E-state index is 13.1. The summed E-state index contributed by atoms with van der Waals surface area (Å²) in [7, 11) is 0. The molecule has 1 fully saturated rings. The number of carbonyl (C=O) groups is 1. The smallest absolute Gasteiger partial charge is 0.254 e. The van der Waals surface area contributed by atoms with Crippen LogP contribution in [-0.2, 0) is 6.54 Å². The summed E-state index contributed by atoms with van der Waals surface area (Å²) in [6, 6.07) is 16.2. The molecular formula is C25H26N6O. The minimum atomic E-state index is 0.0442. The number of amides is 1. The molecule has 162 valence electrons. The molecule has 1 amide bonds. The molecule has 0 bridgehead atoms. The van der Waals surface area contributed by atoms with Gasteiger partial charge in [0.05, 0.1) is 12.2 Å². The Morgan fingerprint density at radius 2 is 1.91 bits per heavy atom. The molecule has 1 aromatic heterocycles. The van der Waals surface area contributed by atoms with Crippen LogP contribution in [0.25, 0.3) is 11.3 Å². The van der Waals surface area contributed by atoms with E-state index in [-0.39, 0.29) is 18.0 Å². The van der Waals surface area contributed by atoms with Crippen LogP contribution in [0.1, 0.15) is 35.3 Å². The van der Waals surface area contributed by atoms with Gasteiger partial charge in [0.15, 0.2) is 0 Å². The summed E-state index contributed by atoms with van der Waals surface area (Å²) in [5, 5.41) is 6.74. The zero-order valence-corrected chi connectivity index (χ0v) is 18.2. The number of aliphatic imine (C=N–C) groups is 1. The topological polar surface area (TPSA) is 82.5 Å². The first kappa shape index (κ1) is 20.3. The van der Waals surface area contributed by atoms with Crippen molar-refractivity contribution in [3.05, 3.63) is 71.4 Å². The van der Waals surface area contributed by atoms with Crippen molar-refractivity contribution in [2.75, 3.05) is 18.4 Å². The molecule has 3 heterocycles. The van der Waals surface area contributed by atoms with Gasteiger partial charge in [-0.25, -0.2) is 9.97 Å². The highest BCUT2D eigenvalue weighted by atomic mass is 16.2. The lowest BCUT2D eigenvalue weighted by Gasteiger charge is -2.36. The van der Waals surface area contributed by atoms with Crippen molar-refractivity contribution in [1.29, 1.82) is 0 Å². The van der Waals surface area contributed by atoms with Crippen LogP contribution >= 0.6 is 0 Å². The van der Waals surface area contributed by atoms with Gasteiger partial charge < -0.3 is 15.5 Å². The van der Waals surface area contributed by atoms with Gasteiger partial charge in [0.1, 0.15) is 0 Å². The Balaban J connectivity index is 1.40. The summed E-state index contributed by atoms with van der Waals surface area (Å²) in [6.45, 7) is 6.17. The predicted molar refractivity (Wildman–Crippen MR) is 126 cm³/mol. The van der Waals surface area contributed by atoms with Crippen molar-refractivity contribution in [2.45, 2.75) is 32.5 Å². The summed E-state index contributed by atoms with van der Waals surface area (Å²) >= 11 is 0. The van der Waals surface area contributed by atoms with E-state index in [4.69, 9.17) is 4.98 Å². The third-order valence-corrected chi connectivity index (χ3v) is 5.78. The zero-order chi connectivity index (χ0) is 22.1. The summed E-state index contributed by atoms with van der Waals surface area (Å²) in [5.74, 6) is 0.539. The molecule has 0 radical (unpaired) electrons. The first-order chi connectivity index (χ1) is 15.6. The second-order valence-electron chi connectivity index (χ2n) is 8.51. The van der Waals surface area contributed by atoms with Crippen LogP contribution in [0.4, 0.5) is 11.6 Å². The number of hydrogen-bond acceptors (Lipinski definition) is 6. The standard InChI is InChI=1S/C25H26N6O/c1-16-14-31(15-17(2)28-16)24(32)18-7-5-8-21(10-18)29-25-27-13-20-12-26-11-19-6-3-4-9-22(19)23(20)30-25/h3-11,13,16-17,28H,12,14-15H2,1-2H3,(H,27,29,30). The van der Waals surface area contributed by atoms with E-state index in [1.165, 1.54) is 0 Å². The summed E-state index contributed by atoms with van der Waals surface area (Å²) < 4.78 is 0. The van der Waals surface area contributed by atoms with Gasteiger partial charge in [0.2, 0.25) is 5.95 Å². The van der Waals surface area contributed by atoms with Crippen LogP contribution in [0.5, 0.6) is 0 Å². The number of hydrogen-bond donors (Lipinski definition) is 2. The van der Waals surface area contributed by atoms with Crippen LogP contribution in [0, 0.1) is 0 Å². The molecular weight excluding hydrogens is 400 g/mol. The van der Waals surface area contributed by atoms with Gasteiger partial charge in [-0.05, 0) is 32.0 Å². The molecule has 0 saturated carbocycles. The lowest BCUT2D eigenvalue weighted by Crippen LogP contribution is -2.55. The molecule has 2 aliphatic rings. The van der Waals surface area contributed by atoms with E-state index in [0.717, 1.165) is 28.1 Å². The third kappa shape index (κ3) is 4.11. The maximum Gasteiger partial charge on any atom is 0.254 e. The van der Waals surface area contributed by atoms with Crippen molar-refractivity contribution >= 4 is 23.8 Å². The number of benzene rings is 2. The van der Waals surface area contributed by atoms with E-state index in [1.807, 2.05) is 59.8 Å². The number of rotatable bonds is 3. The van der Waals surface area contributed by atoms with Gasteiger partial charge in [-0.3, -0.25) is 9.79 Å². The fraction of sp³-hybridized carbons (Fsp3) is 0.280. The van der Waals surface area contributed by atoms with Crippen molar-refractivity contribution in [1.82, 2.24) is 20.2 Å². The molecule has 32 heavy (non-hydrogen) atoms. The second kappa shape index (κ2) is 8.51. The molecule has 7 heteroatoms. The average molecular weight is 427 g/mol. The maximum atomic E-state index is 13.1. The van der Waals surface area contributed by atoms with E-state index >= 15 is 0 Å². The molecule has 2 aromatic carbocycles. The quantitative estimate of drug-likeness (QED) is 0.668. The molecule has 7 nitrogen and oxygen atoms in total. The van der Waals surface area contributed by atoms with E-state index in [9.17, 15) is 4.79 Å². The van der Waals surface area contributed by atoms with Crippen molar-refractivity contribution < 1.29 is 4.79 Å². The van der Waals surface area contributed by atoms with Crippen LogP contribution in [0.3, 0.4) is 0 Å². The number of carbonyl (C=O) groups excluding carboxylic acids is 1. The highest BCUT2D eigenvalue weighted by Gasteiger charge is 2.25. The second-order valence-corrected chi connectivity index (χ2v) is 8.51. The lowest BCUT2D eigenvalue weighted by atomic mass is 10.0. The molecule has 1 saturated heterocycles. The number of nitrogens with zero attached hydrogens (tertiary/aromatic N) is 4. The zero-order valence-electron chi connectivity index (χ0n) is 18.2. The number of nitrogens with one attached hydrogen (secondary N) is 2. The van der Waals surface area contributed by atoms with Gasteiger partial charge in [0.25, 0.3) is 5.91 Å². The number of aromatic nitrogens is 2. The first-order valence-electron chi connectivity index (χ1n) is 10.9. The molecule has 5 rings (SSSR count). The average Bonchev–Trinajstić information content (AvgIpc) is 2.97. The minimum Gasteiger partial charge on any atom is -0.336 e. The Bertz CT molecular complexity index is 1180. The van der Waals surface area contributed by atoms with Gasteiger partial charge in [0, 0.05) is 65.5 Å². The van der Waals surface area contributed by atoms with E-state index in [0.29, 0.717) is 31.1 Å². The molecule has 2 N–H and O–H groups in total. The normalized spacial score (nSPS) is 19.6. The van der Waals surface area contributed by atoms with E-state index in [2.05, 4.69) is 40.5 Å².